The molecule has 0 spiro atoms. The fraction of sp³-hybridized carbons (Fsp3) is 0.238. The Balaban J connectivity index is 1.59. The first-order chi connectivity index (χ1) is 13.0. The molecule has 1 aliphatic heterocycles. The first-order valence-corrected chi connectivity index (χ1v) is 11.4. The Hall–Kier alpha value is -2.15. The van der Waals surface area contributed by atoms with Crippen LogP contribution in [0, 0.1) is 6.92 Å². The molecular weight excluding hydrogens is 376 g/mol. The number of nitrogens with one attached hydrogen (secondary N) is 1. The molecule has 0 saturated heterocycles. The van der Waals surface area contributed by atoms with Gasteiger partial charge >= 0.3 is 0 Å². The number of benzene rings is 2. The summed E-state index contributed by atoms with van der Waals surface area (Å²) in [5.74, 6) is 0. The number of anilines is 1. The Morgan fingerprint density at radius 2 is 1.85 bits per heavy atom. The third kappa shape index (κ3) is 3.78. The van der Waals surface area contributed by atoms with Crippen molar-refractivity contribution < 1.29 is 8.42 Å². The summed E-state index contributed by atoms with van der Waals surface area (Å²) >= 11 is 1.66. The van der Waals surface area contributed by atoms with E-state index in [2.05, 4.69) is 33.9 Å². The molecule has 1 aliphatic rings. The van der Waals surface area contributed by atoms with Crippen molar-refractivity contribution in [1.29, 1.82) is 0 Å². The van der Waals surface area contributed by atoms with Crippen LogP contribution in [0.4, 0.5) is 5.69 Å². The van der Waals surface area contributed by atoms with E-state index in [4.69, 9.17) is 0 Å². The van der Waals surface area contributed by atoms with Gasteiger partial charge in [-0.15, -0.1) is 11.3 Å². The fourth-order valence-corrected chi connectivity index (χ4v) is 5.40. The zero-order valence-corrected chi connectivity index (χ0v) is 16.8. The lowest BCUT2D eigenvalue weighted by Gasteiger charge is -2.30. The average Bonchev–Trinajstić information content (AvgIpc) is 3.33. The summed E-state index contributed by atoms with van der Waals surface area (Å²) in [5, 5.41) is 2.04. The average molecular weight is 399 g/mol. The number of hydrogen-bond donors (Lipinski definition) is 1. The third-order valence-electron chi connectivity index (χ3n) is 4.97. The number of sulfonamides is 1. The molecule has 1 unspecified atom stereocenters. The number of nitrogens with zero attached hydrogens (tertiary/aromatic N) is 1. The number of rotatable bonds is 6. The van der Waals surface area contributed by atoms with Crippen LogP contribution in [0.2, 0.25) is 0 Å². The summed E-state index contributed by atoms with van der Waals surface area (Å²) in [4.78, 5) is 3.79. The summed E-state index contributed by atoms with van der Waals surface area (Å²) in [6.45, 7) is 3.18. The van der Waals surface area contributed by atoms with Crippen molar-refractivity contribution in [1.82, 2.24) is 4.72 Å². The fourth-order valence-electron chi connectivity index (χ4n) is 3.52. The van der Waals surface area contributed by atoms with Crippen LogP contribution >= 0.6 is 11.3 Å². The van der Waals surface area contributed by atoms with E-state index in [1.807, 2.05) is 36.6 Å². The molecule has 2 aromatic carbocycles. The van der Waals surface area contributed by atoms with E-state index >= 15 is 0 Å². The quantitative estimate of drug-likeness (QED) is 0.679. The minimum atomic E-state index is -3.54. The van der Waals surface area contributed by atoms with E-state index in [1.165, 1.54) is 16.1 Å². The summed E-state index contributed by atoms with van der Waals surface area (Å²) in [6, 6.07) is 19.4. The Morgan fingerprint density at radius 1 is 1.07 bits per heavy atom. The van der Waals surface area contributed by atoms with Crippen molar-refractivity contribution in [3.63, 3.8) is 0 Å². The molecule has 1 atom stereocenters. The second-order valence-electron chi connectivity index (χ2n) is 6.77. The molecule has 0 saturated carbocycles. The van der Waals surface area contributed by atoms with Crippen molar-refractivity contribution in [3.8, 4) is 0 Å². The van der Waals surface area contributed by atoms with E-state index < -0.39 is 10.0 Å². The number of para-hydroxylation sites is 1. The molecular formula is C21H22N2O2S2. The zero-order chi connectivity index (χ0) is 18.9. The molecule has 0 fully saturated rings. The maximum Gasteiger partial charge on any atom is 0.240 e. The second kappa shape index (κ2) is 7.46. The van der Waals surface area contributed by atoms with Gasteiger partial charge in [0.2, 0.25) is 10.0 Å². The Labute approximate surface area is 164 Å². The Kier molecular flexibility index (Phi) is 5.04. The molecule has 1 aromatic heterocycles. The molecule has 0 amide bonds. The van der Waals surface area contributed by atoms with Crippen LogP contribution in [0.3, 0.4) is 0 Å². The van der Waals surface area contributed by atoms with Gasteiger partial charge in [-0.25, -0.2) is 13.1 Å². The van der Waals surface area contributed by atoms with Gasteiger partial charge in [-0.3, -0.25) is 0 Å². The molecule has 0 aliphatic carbocycles. The van der Waals surface area contributed by atoms with Crippen LogP contribution in [0.25, 0.3) is 0 Å². The molecule has 1 N–H and O–H groups in total. The van der Waals surface area contributed by atoms with Crippen LogP contribution < -0.4 is 9.62 Å². The highest BCUT2D eigenvalue weighted by atomic mass is 32.2. The third-order valence-corrected chi connectivity index (χ3v) is 7.38. The summed E-state index contributed by atoms with van der Waals surface area (Å²) < 4.78 is 28.3. The number of thiophene rings is 1. The topological polar surface area (TPSA) is 49.4 Å². The largest absolute Gasteiger partial charge is 0.362 e. The first-order valence-electron chi connectivity index (χ1n) is 8.99. The van der Waals surface area contributed by atoms with Crippen LogP contribution in [0.1, 0.15) is 22.0 Å². The molecule has 4 nitrogen and oxygen atoms in total. The van der Waals surface area contributed by atoms with Gasteiger partial charge in [-0.2, -0.15) is 0 Å². The molecule has 27 heavy (non-hydrogen) atoms. The zero-order valence-electron chi connectivity index (χ0n) is 15.1. The van der Waals surface area contributed by atoms with Crippen LogP contribution in [0.15, 0.2) is 70.9 Å². The van der Waals surface area contributed by atoms with Crippen LogP contribution in [0.5, 0.6) is 0 Å². The lowest BCUT2D eigenvalue weighted by atomic mass is 10.1. The SMILES string of the molecule is Cc1ccc(S(=O)(=O)NCC(c2cccs2)N2CCc3ccccc32)cc1. The minimum absolute atomic E-state index is 0.0196. The van der Waals surface area contributed by atoms with Crippen molar-refractivity contribution in [2.24, 2.45) is 0 Å². The van der Waals surface area contributed by atoms with Gasteiger partial charge in [-0.1, -0.05) is 42.0 Å². The summed E-state index contributed by atoms with van der Waals surface area (Å²) in [6.07, 6.45) is 0.989. The van der Waals surface area contributed by atoms with Gasteiger partial charge in [0, 0.05) is 23.7 Å². The number of hydrogen-bond acceptors (Lipinski definition) is 4. The van der Waals surface area contributed by atoms with Crippen molar-refractivity contribution >= 4 is 27.0 Å². The molecule has 0 radical (unpaired) electrons. The minimum Gasteiger partial charge on any atom is -0.362 e. The monoisotopic (exact) mass is 398 g/mol. The molecule has 140 valence electrons. The number of fused-ring (bicyclic) bond motifs is 1. The van der Waals surface area contributed by atoms with Crippen molar-refractivity contribution in [3.05, 3.63) is 82.0 Å². The van der Waals surface area contributed by atoms with Gasteiger partial charge in [0.15, 0.2) is 0 Å². The standard InChI is InChI=1S/C21H22N2O2S2/c1-16-8-10-18(11-9-16)27(24,25)22-15-20(21-7-4-14-26-21)23-13-12-17-5-2-3-6-19(17)23/h2-11,14,20,22H,12-13,15H2,1H3. The van der Waals surface area contributed by atoms with E-state index in [0.717, 1.165) is 18.5 Å². The molecule has 6 heteroatoms. The molecule has 3 aromatic rings. The highest BCUT2D eigenvalue weighted by Crippen LogP contribution is 2.36. The normalized spacial score (nSPS) is 14.9. The molecule has 0 bridgehead atoms. The smallest absolute Gasteiger partial charge is 0.240 e. The molecule has 4 rings (SSSR count). The van der Waals surface area contributed by atoms with Crippen molar-refractivity contribution in [2.75, 3.05) is 18.0 Å². The van der Waals surface area contributed by atoms with E-state index in [-0.39, 0.29) is 6.04 Å². The van der Waals surface area contributed by atoms with Gasteiger partial charge in [-0.05, 0) is 48.6 Å². The van der Waals surface area contributed by atoms with Gasteiger partial charge in [0.1, 0.15) is 0 Å². The predicted octanol–water partition coefficient (Wildman–Crippen LogP) is 4.14. The summed E-state index contributed by atoms with van der Waals surface area (Å²) in [5.41, 5.74) is 3.56. The van der Waals surface area contributed by atoms with Crippen LogP contribution in [-0.2, 0) is 16.4 Å². The van der Waals surface area contributed by atoms with Gasteiger partial charge in [0.25, 0.3) is 0 Å². The molecule has 2 heterocycles. The Morgan fingerprint density at radius 3 is 2.59 bits per heavy atom. The second-order valence-corrected chi connectivity index (χ2v) is 9.51. The highest BCUT2D eigenvalue weighted by molar-refractivity contribution is 7.89. The van der Waals surface area contributed by atoms with E-state index in [0.29, 0.717) is 11.4 Å². The maximum atomic E-state index is 12.8. The lowest BCUT2D eigenvalue weighted by molar-refractivity contribution is 0.565. The maximum absolute atomic E-state index is 12.8. The number of aryl methyl sites for hydroxylation is 1. The van der Waals surface area contributed by atoms with E-state index in [1.54, 1.807) is 23.5 Å². The predicted molar refractivity (Wildman–Crippen MR) is 111 cm³/mol. The van der Waals surface area contributed by atoms with Crippen LogP contribution in [-0.4, -0.2) is 21.5 Å². The van der Waals surface area contributed by atoms with Crippen molar-refractivity contribution in [2.45, 2.75) is 24.3 Å². The van der Waals surface area contributed by atoms with E-state index in [9.17, 15) is 8.42 Å². The lowest BCUT2D eigenvalue weighted by Crippen LogP contribution is -2.37. The van der Waals surface area contributed by atoms with Gasteiger partial charge < -0.3 is 4.90 Å². The highest BCUT2D eigenvalue weighted by Gasteiger charge is 2.29. The van der Waals surface area contributed by atoms with Gasteiger partial charge in [0.05, 0.1) is 10.9 Å². The Bertz CT molecular complexity index is 1010. The summed E-state index contributed by atoms with van der Waals surface area (Å²) in [7, 11) is -3.54. The first kappa shape index (κ1) is 18.2.